The molecule has 1 heterocycles. The Bertz CT molecular complexity index is 792. The van der Waals surface area contributed by atoms with Crippen molar-refractivity contribution in [2.75, 3.05) is 11.9 Å². The van der Waals surface area contributed by atoms with Crippen LogP contribution in [0.4, 0.5) is 25.2 Å². The molecule has 1 aromatic carbocycles. The molecule has 0 bridgehead atoms. The highest BCUT2D eigenvalue weighted by Crippen LogP contribution is 2.36. The summed E-state index contributed by atoms with van der Waals surface area (Å²) in [6.07, 6.45) is 0.623. The van der Waals surface area contributed by atoms with Gasteiger partial charge in [0.1, 0.15) is 16.5 Å². The molecule has 0 spiro atoms. The van der Waals surface area contributed by atoms with E-state index in [9.17, 15) is 23.7 Å². The third-order valence-electron chi connectivity index (χ3n) is 3.09. The molecule has 0 saturated heterocycles. The average Bonchev–Trinajstić information content (AvgIpc) is 2.89. The summed E-state index contributed by atoms with van der Waals surface area (Å²) in [5.41, 5.74) is -1.09. The molecule has 0 atom stereocenters. The summed E-state index contributed by atoms with van der Waals surface area (Å²) >= 11 is 1.16. The second-order valence-corrected chi connectivity index (χ2v) is 5.83. The number of nitrogens with zero attached hydrogens (tertiary/aromatic N) is 1. The number of anilines is 2. The lowest BCUT2D eigenvalue weighted by atomic mass is 10.2. The topological polar surface area (TPSA) is 81.5 Å². The van der Waals surface area contributed by atoms with E-state index in [1.165, 1.54) is 0 Å². The number of halogens is 2. The zero-order chi connectivity index (χ0) is 17.9. The molecule has 1 N–H and O–H groups in total. The van der Waals surface area contributed by atoms with Crippen LogP contribution >= 0.6 is 11.3 Å². The number of carbonyl (C=O) groups is 1. The minimum Gasteiger partial charge on any atom is -0.462 e. The monoisotopic (exact) mass is 356 g/mol. The second kappa shape index (κ2) is 7.35. The van der Waals surface area contributed by atoms with Crippen LogP contribution in [-0.2, 0) is 11.2 Å². The maximum atomic E-state index is 13.7. The summed E-state index contributed by atoms with van der Waals surface area (Å²) in [5.74, 6) is -2.88. The Labute approximate surface area is 140 Å². The average molecular weight is 356 g/mol. The van der Waals surface area contributed by atoms with Crippen molar-refractivity contribution in [3.63, 3.8) is 0 Å². The molecule has 6 nitrogen and oxygen atoms in total. The molecular weight excluding hydrogens is 342 g/mol. The summed E-state index contributed by atoms with van der Waals surface area (Å²) in [7, 11) is 0. The Morgan fingerprint density at radius 2 is 2.04 bits per heavy atom. The van der Waals surface area contributed by atoms with E-state index in [1.54, 1.807) is 13.0 Å². The van der Waals surface area contributed by atoms with E-state index < -0.39 is 28.2 Å². The van der Waals surface area contributed by atoms with Gasteiger partial charge in [0.15, 0.2) is 0 Å². The molecule has 0 aliphatic carbocycles. The van der Waals surface area contributed by atoms with Gasteiger partial charge in [0.05, 0.1) is 17.1 Å². The highest BCUT2D eigenvalue weighted by atomic mass is 32.1. The number of nitro benzene ring substituents is 1. The van der Waals surface area contributed by atoms with E-state index in [0.717, 1.165) is 22.3 Å². The predicted octanol–water partition coefficient (Wildman–Crippen LogP) is 4.42. The van der Waals surface area contributed by atoms with Crippen molar-refractivity contribution in [1.82, 2.24) is 0 Å². The fraction of sp³-hybridized carbons (Fsp3) is 0.267. The molecule has 0 amide bonds. The van der Waals surface area contributed by atoms with Gasteiger partial charge in [-0.2, -0.15) is 4.39 Å². The lowest BCUT2D eigenvalue weighted by Gasteiger charge is -2.08. The first-order valence-corrected chi connectivity index (χ1v) is 7.89. The van der Waals surface area contributed by atoms with Crippen molar-refractivity contribution in [2.45, 2.75) is 20.3 Å². The van der Waals surface area contributed by atoms with Gasteiger partial charge in [-0.25, -0.2) is 9.18 Å². The van der Waals surface area contributed by atoms with Gasteiger partial charge in [0, 0.05) is 17.0 Å². The van der Waals surface area contributed by atoms with Crippen molar-refractivity contribution >= 4 is 33.7 Å². The Morgan fingerprint density at radius 1 is 1.33 bits per heavy atom. The minimum absolute atomic E-state index is 0.157. The van der Waals surface area contributed by atoms with E-state index in [0.29, 0.717) is 12.5 Å². The van der Waals surface area contributed by atoms with E-state index in [4.69, 9.17) is 4.74 Å². The highest BCUT2D eigenvalue weighted by molar-refractivity contribution is 7.16. The van der Waals surface area contributed by atoms with Crippen LogP contribution < -0.4 is 5.32 Å². The van der Waals surface area contributed by atoms with Crippen molar-refractivity contribution in [3.05, 3.63) is 50.4 Å². The summed E-state index contributed by atoms with van der Waals surface area (Å²) in [6.45, 7) is 3.67. The Morgan fingerprint density at radius 3 is 2.62 bits per heavy atom. The van der Waals surface area contributed by atoms with Crippen molar-refractivity contribution in [2.24, 2.45) is 0 Å². The normalized spacial score (nSPS) is 10.5. The minimum atomic E-state index is -1.30. The number of hydrogen-bond acceptors (Lipinski definition) is 6. The maximum absolute atomic E-state index is 13.7. The fourth-order valence-corrected chi connectivity index (χ4v) is 3.04. The number of ether oxygens (including phenoxy) is 1. The second-order valence-electron chi connectivity index (χ2n) is 4.70. The number of thiophene rings is 1. The van der Waals surface area contributed by atoms with Crippen LogP contribution in [0, 0.1) is 21.7 Å². The largest absolute Gasteiger partial charge is 0.462 e. The number of aryl methyl sites for hydroxylation is 1. The van der Waals surface area contributed by atoms with Crippen LogP contribution in [0.3, 0.4) is 0 Å². The zero-order valence-corrected chi connectivity index (χ0v) is 13.7. The van der Waals surface area contributed by atoms with Gasteiger partial charge in [0.25, 0.3) is 0 Å². The first kappa shape index (κ1) is 17.8. The molecule has 0 aliphatic rings. The molecule has 9 heteroatoms. The molecule has 0 aliphatic heterocycles. The van der Waals surface area contributed by atoms with E-state index in [2.05, 4.69) is 5.32 Å². The summed E-state index contributed by atoms with van der Waals surface area (Å²) < 4.78 is 32.1. The molecule has 0 fully saturated rings. The van der Waals surface area contributed by atoms with Crippen LogP contribution in [0.2, 0.25) is 0 Å². The number of nitrogens with one attached hydrogen (secondary N) is 1. The third-order valence-corrected chi connectivity index (χ3v) is 4.28. The number of benzene rings is 1. The molecular formula is C15H14F2N2O4S. The standard InChI is InChI=1S/C15H14F2N2O4S/c1-3-9-7-10(15(20)23-4-2)14(24-9)18-12-6-8(16)5-11(17)13(12)19(21)22/h5-7,18H,3-4H2,1-2H3. The van der Waals surface area contributed by atoms with Crippen LogP contribution in [0.1, 0.15) is 29.1 Å². The molecule has 128 valence electrons. The van der Waals surface area contributed by atoms with Crippen molar-refractivity contribution in [1.29, 1.82) is 0 Å². The molecule has 1 aromatic heterocycles. The first-order valence-electron chi connectivity index (χ1n) is 7.07. The van der Waals surface area contributed by atoms with Crippen LogP contribution in [0.15, 0.2) is 18.2 Å². The summed E-state index contributed by atoms with van der Waals surface area (Å²) in [5, 5.41) is 13.9. The number of carbonyl (C=O) groups excluding carboxylic acids is 1. The number of esters is 1. The SMILES string of the molecule is CCOC(=O)c1cc(CC)sc1Nc1cc(F)cc(F)c1[N+](=O)[O-]. The first-order chi connectivity index (χ1) is 11.4. The lowest BCUT2D eigenvalue weighted by Crippen LogP contribution is -2.07. The van der Waals surface area contributed by atoms with E-state index in [-0.39, 0.29) is 22.9 Å². The highest BCUT2D eigenvalue weighted by Gasteiger charge is 2.25. The number of nitro groups is 1. The molecule has 0 saturated carbocycles. The number of hydrogen-bond donors (Lipinski definition) is 1. The number of rotatable bonds is 6. The van der Waals surface area contributed by atoms with E-state index in [1.807, 2.05) is 6.92 Å². The quantitative estimate of drug-likeness (QED) is 0.471. The van der Waals surface area contributed by atoms with Crippen LogP contribution in [0.5, 0.6) is 0 Å². The van der Waals surface area contributed by atoms with Gasteiger partial charge in [-0.05, 0) is 19.4 Å². The van der Waals surface area contributed by atoms with Crippen LogP contribution in [0.25, 0.3) is 0 Å². The maximum Gasteiger partial charge on any atom is 0.341 e. The zero-order valence-electron chi connectivity index (χ0n) is 12.9. The molecule has 0 radical (unpaired) electrons. The predicted molar refractivity (Wildman–Crippen MR) is 85.9 cm³/mol. The Balaban J connectivity index is 2.50. The van der Waals surface area contributed by atoms with Crippen molar-refractivity contribution < 1.29 is 23.2 Å². The molecule has 2 aromatic rings. The van der Waals surface area contributed by atoms with Crippen molar-refractivity contribution in [3.8, 4) is 0 Å². The lowest BCUT2D eigenvalue weighted by molar-refractivity contribution is -0.386. The third kappa shape index (κ3) is 3.67. The van der Waals surface area contributed by atoms with Gasteiger partial charge in [-0.15, -0.1) is 11.3 Å². The smallest absolute Gasteiger partial charge is 0.341 e. The summed E-state index contributed by atoms with van der Waals surface area (Å²) in [4.78, 5) is 22.9. The Kier molecular flexibility index (Phi) is 5.45. The van der Waals surface area contributed by atoms with E-state index >= 15 is 0 Å². The summed E-state index contributed by atoms with van der Waals surface area (Å²) in [6, 6.07) is 2.83. The molecule has 24 heavy (non-hydrogen) atoms. The molecule has 0 unspecified atom stereocenters. The fourth-order valence-electron chi connectivity index (χ4n) is 2.04. The van der Waals surface area contributed by atoms with Gasteiger partial charge in [-0.1, -0.05) is 6.92 Å². The van der Waals surface area contributed by atoms with Crippen LogP contribution in [-0.4, -0.2) is 17.5 Å². The van der Waals surface area contributed by atoms with Gasteiger partial charge >= 0.3 is 11.7 Å². The van der Waals surface area contributed by atoms with Gasteiger partial charge in [0.2, 0.25) is 5.82 Å². The Hall–Kier alpha value is -2.55. The van der Waals surface area contributed by atoms with Gasteiger partial charge in [-0.3, -0.25) is 10.1 Å². The van der Waals surface area contributed by atoms with Gasteiger partial charge < -0.3 is 10.1 Å². The molecule has 2 rings (SSSR count).